The van der Waals surface area contributed by atoms with Gasteiger partial charge in [0.2, 0.25) is 0 Å². The van der Waals surface area contributed by atoms with Crippen LogP contribution in [0.1, 0.15) is 242 Å². The zero-order valence-corrected chi connectivity index (χ0v) is 72.3. The molecule has 14 rings (SSSR count). The number of aromatic nitrogens is 1. The van der Waals surface area contributed by atoms with Crippen LogP contribution in [0.3, 0.4) is 0 Å². The Labute approximate surface area is 701 Å². The fourth-order valence-electron chi connectivity index (χ4n) is 18.2. The van der Waals surface area contributed by atoms with Gasteiger partial charge in [-0.05, 0) is 281 Å². The summed E-state index contributed by atoms with van der Waals surface area (Å²) < 4.78 is 4.91. The first kappa shape index (κ1) is 81.6. The predicted octanol–water partition coefficient (Wildman–Crippen LogP) is 34.6. The lowest BCUT2D eigenvalue weighted by Gasteiger charge is -2.33. The highest BCUT2D eigenvalue weighted by Crippen LogP contribution is 2.58. The molecule has 0 aliphatic heterocycles. The summed E-state index contributed by atoms with van der Waals surface area (Å²) in [6.07, 6.45) is 36.0. The van der Waals surface area contributed by atoms with Crippen LogP contribution < -0.4 is 9.80 Å². The van der Waals surface area contributed by atoms with Gasteiger partial charge in [0.25, 0.3) is 0 Å². The quantitative estimate of drug-likeness (QED) is 0.0354. The fraction of sp³-hybridized carbons (Fsp3) is 0.339. The zero-order valence-electron chi connectivity index (χ0n) is 69.1. The van der Waals surface area contributed by atoms with Gasteiger partial charge >= 0.3 is 0 Å². The van der Waals surface area contributed by atoms with Crippen molar-refractivity contribution in [2.24, 2.45) is 0 Å². The van der Waals surface area contributed by atoms with Crippen molar-refractivity contribution in [3.63, 3.8) is 0 Å². The first-order valence-corrected chi connectivity index (χ1v) is 45.8. The average Bonchev–Trinajstić information content (AvgIpc) is 1.54. The van der Waals surface area contributed by atoms with E-state index in [9.17, 15) is 0 Å². The number of anilines is 6. The van der Waals surface area contributed by atoms with Crippen molar-refractivity contribution in [1.82, 2.24) is 4.57 Å². The molecule has 1 heterocycles. The van der Waals surface area contributed by atoms with Gasteiger partial charge in [-0.3, -0.25) is 0 Å². The Kier molecular flexibility index (Phi) is 28.6. The maximum atomic E-state index is 3.86. The molecule has 1 aliphatic rings. The summed E-state index contributed by atoms with van der Waals surface area (Å²) in [5.41, 5.74) is 32.3. The van der Waals surface area contributed by atoms with E-state index >= 15 is 0 Å². The van der Waals surface area contributed by atoms with Gasteiger partial charge < -0.3 is 14.4 Å². The molecule has 1 aliphatic carbocycles. The molecule has 0 saturated heterocycles. The summed E-state index contributed by atoms with van der Waals surface area (Å²) in [5.74, 6) is 0. The average molecular weight is 1630 g/mol. The van der Waals surface area contributed by atoms with Crippen molar-refractivity contribution in [1.29, 1.82) is 0 Å². The molecule has 1 aromatic heterocycles. The van der Waals surface area contributed by atoms with Crippen molar-refractivity contribution < 1.29 is 0 Å². The topological polar surface area (TPSA) is 11.4 Å². The summed E-state index contributed by atoms with van der Waals surface area (Å²) in [7, 11) is 0. The van der Waals surface area contributed by atoms with Gasteiger partial charge in [-0.25, -0.2) is 0 Å². The number of benzene rings is 12. The minimum atomic E-state index is -0.178. The molecular weight excluding hydrogens is 1510 g/mol. The number of hydrogen-bond acceptors (Lipinski definition) is 2. The van der Waals surface area contributed by atoms with E-state index in [0.717, 1.165) is 83.1 Å². The molecule has 12 aromatic carbocycles. The van der Waals surface area contributed by atoms with Gasteiger partial charge in [0, 0.05) is 64.9 Å². The molecule has 5 heteroatoms. The third kappa shape index (κ3) is 19.1. The van der Waals surface area contributed by atoms with Gasteiger partial charge in [0.15, 0.2) is 0 Å². The third-order valence-corrected chi connectivity index (χ3v) is 25.8. The van der Waals surface area contributed by atoms with E-state index in [2.05, 4.69) is 349 Å². The molecule has 0 saturated carbocycles. The van der Waals surface area contributed by atoms with Crippen molar-refractivity contribution in [3.8, 4) is 61.3 Å². The molecule has 0 bridgehead atoms. The normalized spacial score (nSPS) is 12.3. The molecule has 0 atom stereocenters. The Balaban J connectivity index is 0.942. The summed E-state index contributed by atoms with van der Waals surface area (Å²) >= 11 is 7.63. The predicted molar refractivity (Wildman–Crippen MR) is 502 cm³/mol. The number of halogens is 2. The van der Waals surface area contributed by atoms with E-state index in [1.54, 1.807) is 0 Å². The first-order chi connectivity index (χ1) is 56.1. The van der Waals surface area contributed by atoms with Gasteiger partial charge in [-0.2, -0.15) is 0 Å². The molecule has 586 valence electrons. The second kappa shape index (κ2) is 40.0. The largest absolute Gasteiger partial charge is 0.311 e. The van der Waals surface area contributed by atoms with E-state index in [0.29, 0.717) is 0 Å². The van der Waals surface area contributed by atoms with Gasteiger partial charge in [0.05, 0.1) is 11.0 Å². The highest BCUT2D eigenvalue weighted by Gasteiger charge is 2.43. The summed E-state index contributed by atoms with van der Waals surface area (Å²) in [5, 5.41) is 2.69. The standard InChI is InChI=1S/C109H121Br2N3/c1-7-13-19-23-25-32-72-109(73-33-26-24-20-14-8-2)103-75-89(87-52-62-95(63-53-87)112(96-66-56-92(110)57-67-96)94-60-48-85(49-61-94)83-44-40-80(41-45-83)34-17-11-5)54-70-99(103)100-79-108-102(78-104(100)109)101-74-88(82-36-30-27-31-37-82)55-71-105(101)114(108)107-77-90(38-28-21-15-9-3)106(76-91(107)39-29-22-16-10-4)113(98-68-58-93(111)59-69-98)97-64-50-86(51-65-97)84-46-42-81(43-47-84)35-18-12-6/h27,30-31,36-37,40-71,74-79H,7-26,28-29,32-35,38-39,72-73H2,1-6H3. The lowest BCUT2D eigenvalue weighted by molar-refractivity contribution is 0.398. The molecule has 114 heavy (non-hydrogen) atoms. The smallest absolute Gasteiger partial charge is 0.0547 e. The van der Waals surface area contributed by atoms with Crippen molar-refractivity contribution in [2.75, 3.05) is 9.80 Å². The number of rotatable bonds is 41. The van der Waals surface area contributed by atoms with E-state index < -0.39 is 0 Å². The Hall–Kier alpha value is -9.00. The SMILES string of the molecule is CCCCCCCCC1(CCCCCCCC)c2cc(-c3ccc(N(c4ccc(Br)cc4)c4ccc(-c5ccc(CCCC)cc5)cc4)cc3)ccc2-c2cc3c(cc21)c1cc(-c2ccccc2)ccc1n3-c1cc(CCCCCC)c(N(c2ccc(Br)cc2)c2ccc(-c3ccc(CCCC)cc3)cc2)cc1CCCCCC. The lowest BCUT2D eigenvalue weighted by Crippen LogP contribution is -2.25. The maximum absolute atomic E-state index is 3.86. The van der Waals surface area contributed by atoms with Crippen LogP contribution in [0.15, 0.2) is 270 Å². The number of fused-ring (bicyclic) bond motifs is 6. The molecule has 0 spiro atoms. The van der Waals surface area contributed by atoms with Crippen LogP contribution >= 0.6 is 31.9 Å². The number of unbranched alkanes of at least 4 members (excludes halogenated alkanes) is 18. The minimum absolute atomic E-state index is 0.178. The Morgan fingerprint density at radius 1 is 0.272 bits per heavy atom. The van der Waals surface area contributed by atoms with E-state index in [1.807, 2.05) is 0 Å². The van der Waals surface area contributed by atoms with Gasteiger partial charge in [-0.15, -0.1) is 0 Å². The van der Waals surface area contributed by atoms with Crippen LogP contribution in [0.25, 0.3) is 83.1 Å². The monoisotopic (exact) mass is 1630 g/mol. The Morgan fingerprint density at radius 3 is 1.14 bits per heavy atom. The van der Waals surface area contributed by atoms with Gasteiger partial charge in [0.1, 0.15) is 0 Å². The van der Waals surface area contributed by atoms with Crippen LogP contribution in [0.2, 0.25) is 0 Å². The first-order valence-electron chi connectivity index (χ1n) is 44.2. The Morgan fingerprint density at radius 2 is 0.649 bits per heavy atom. The summed E-state index contributed by atoms with van der Waals surface area (Å²) in [6, 6.07) is 102. The van der Waals surface area contributed by atoms with Crippen LogP contribution in [-0.4, -0.2) is 4.57 Å². The number of aryl methyl sites for hydroxylation is 4. The van der Waals surface area contributed by atoms with Crippen LogP contribution in [0, 0.1) is 0 Å². The molecule has 13 aromatic rings. The lowest BCUT2D eigenvalue weighted by atomic mass is 9.70. The molecule has 0 unspecified atom stereocenters. The van der Waals surface area contributed by atoms with Crippen LogP contribution in [-0.2, 0) is 31.1 Å². The minimum Gasteiger partial charge on any atom is -0.311 e. The molecule has 3 nitrogen and oxygen atoms in total. The zero-order chi connectivity index (χ0) is 78.6. The van der Waals surface area contributed by atoms with Crippen LogP contribution in [0.4, 0.5) is 34.1 Å². The summed E-state index contributed by atoms with van der Waals surface area (Å²) in [6.45, 7) is 13.9. The molecule has 0 amide bonds. The van der Waals surface area contributed by atoms with E-state index in [-0.39, 0.29) is 5.41 Å². The highest BCUT2D eigenvalue weighted by atomic mass is 79.9. The number of nitrogens with zero attached hydrogens (tertiary/aromatic N) is 3. The second-order valence-electron chi connectivity index (χ2n) is 32.8. The highest BCUT2D eigenvalue weighted by molar-refractivity contribution is 9.10. The summed E-state index contributed by atoms with van der Waals surface area (Å²) in [4.78, 5) is 5.00. The van der Waals surface area contributed by atoms with Crippen molar-refractivity contribution in [2.45, 2.75) is 240 Å². The van der Waals surface area contributed by atoms with E-state index in [1.165, 1.54) is 269 Å². The molecule has 0 N–H and O–H groups in total. The molecule has 0 radical (unpaired) electrons. The van der Waals surface area contributed by atoms with E-state index in [4.69, 9.17) is 0 Å². The number of hydrogen-bond donors (Lipinski definition) is 0. The van der Waals surface area contributed by atoms with Gasteiger partial charge in [-0.1, -0.05) is 335 Å². The third-order valence-electron chi connectivity index (χ3n) is 24.7. The maximum Gasteiger partial charge on any atom is 0.0547 e. The van der Waals surface area contributed by atoms with Crippen molar-refractivity contribution >= 4 is 87.8 Å². The second-order valence-corrected chi connectivity index (χ2v) is 34.7. The van der Waals surface area contributed by atoms with Crippen molar-refractivity contribution in [3.05, 3.63) is 303 Å². The fourth-order valence-corrected chi connectivity index (χ4v) is 18.8. The van der Waals surface area contributed by atoms with Crippen LogP contribution in [0.5, 0.6) is 0 Å². The Bertz CT molecular complexity index is 5190. The molecule has 0 fully saturated rings. The molecular formula is C109H121Br2N3.